The number of piperidine rings is 1. The third-order valence-corrected chi connectivity index (χ3v) is 5.62. The smallest absolute Gasteiger partial charge is 0.241 e. The Labute approximate surface area is 188 Å². The van der Waals surface area contributed by atoms with Crippen molar-refractivity contribution >= 4 is 12.1 Å². The van der Waals surface area contributed by atoms with Gasteiger partial charge in [0, 0.05) is 30.3 Å². The van der Waals surface area contributed by atoms with E-state index in [1.807, 2.05) is 65.5 Å². The number of para-hydroxylation sites is 1. The predicted molar refractivity (Wildman–Crippen MR) is 126 cm³/mol. The van der Waals surface area contributed by atoms with Crippen LogP contribution in [-0.4, -0.2) is 53.5 Å². The summed E-state index contributed by atoms with van der Waals surface area (Å²) in [7, 11) is 1.64. The van der Waals surface area contributed by atoms with Gasteiger partial charge in [0.05, 0.1) is 19.0 Å². The molecule has 4 rings (SSSR count). The van der Waals surface area contributed by atoms with E-state index >= 15 is 0 Å². The molecule has 1 amide bonds. The Balaban J connectivity index is 1.48. The van der Waals surface area contributed by atoms with Crippen molar-refractivity contribution in [1.82, 2.24) is 20.1 Å². The highest BCUT2D eigenvalue weighted by Gasteiger charge is 2.13. The van der Waals surface area contributed by atoms with E-state index in [9.17, 15) is 4.79 Å². The number of nitrogens with zero attached hydrogens (tertiary/aromatic N) is 4. The molecule has 7 heteroatoms. The minimum absolute atomic E-state index is 0.0757. The Hall–Kier alpha value is -3.45. The van der Waals surface area contributed by atoms with Gasteiger partial charge in [0.2, 0.25) is 5.91 Å². The average molecular weight is 432 g/mol. The van der Waals surface area contributed by atoms with Crippen LogP contribution in [0.2, 0.25) is 0 Å². The second-order valence-corrected chi connectivity index (χ2v) is 7.89. The Bertz CT molecular complexity index is 1040. The van der Waals surface area contributed by atoms with Gasteiger partial charge in [-0.15, -0.1) is 0 Å². The summed E-state index contributed by atoms with van der Waals surface area (Å²) in [5.41, 5.74) is 6.15. The minimum atomic E-state index is -0.0757. The van der Waals surface area contributed by atoms with Gasteiger partial charge >= 0.3 is 0 Å². The standard InChI is InChI=1S/C25H29N5O2/c1-32-23-12-10-20(11-13-23)25-21(19-30(28-25)22-8-4-2-5-9-22)18-26-27-24(31)14-17-29-15-6-3-7-16-29/h2,4-5,8-13,18-19H,3,6-7,14-17H2,1H3,(H,27,31)/b26-18+. The largest absolute Gasteiger partial charge is 0.497 e. The molecule has 1 fully saturated rings. The lowest BCUT2D eigenvalue weighted by Crippen LogP contribution is -2.33. The van der Waals surface area contributed by atoms with Gasteiger partial charge in [0.25, 0.3) is 0 Å². The predicted octanol–water partition coefficient (Wildman–Crippen LogP) is 3.87. The molecule has 3 aromatic rings. The highest BCUT2D eigenvalue weighted by molar-refractivity contribution is 5.89. The van der Waals surface area contributed by atoms with Gasteiger partial charge < -0.3 is 9.64 Å². The molecule has 1 aliphatic heterocycles. The zero-order valence-corrected chi connectivity index (χ0v) is 18.4. The van der Waals surface area contributed by atoms with Crippen LogP contribution in [0.5, 0.6) is 5.75 Å². The van der Waals surface area contributed by atoms with Crippen LogP contribution in [0, 0.1) is 0 Å². The molecule has 0 bridgehead atoms. The number of benzene rings is 2. The first kappa shape index (κ1) is 21.8. The van der Waals surface area contributed by atoms with Gasteiger partial charge in [-0.3, -0.25) is 4.79 Å². The first-order valence-corrected chi connectivity index (χ1v) is 11.1. The fourth-order valence-electron chi connectivity index (χ4n) is 3.84. The molecule has 0 aliphatic carbocycles. The number of hydrazone groups is 1. The third-order valence-electron chi connectivity index (χ3n) is 5.62. The molecule has 1 aromatic heterocycles. The number of aromatic nitrogens is 2. The van der Waals surface area contributed by atoms with Crippen LogP contribution >= 0.6 is 0 Å². The van der Waals surface area contributed by atoms with Crippen LogP contribution < -0.4 is 10.2 Å². The van der Waals surface area contributed by atoms with Crippen molar-refractivity contribution in [3.05, 3.63) is 66.4 Å². The van der Waals surface area contributed by atoms with E-state index in [-0.39, 0.29) is 5.91 Å². The summed E-state index contributed by atoms with van der Waals surface area (Å²) < 4.78 is 7.08. The number of hydrogen-bond donors (Lipinski definition) is 1. The molecular weight excluding hydrogens is 402 g/mol. The van der Waals surface area contributed by atoms with Gasteiger partial charge in [-0.2, -0.15) is 10.2 Å². The van der Waals surface area contributed by atoms with E-state index in [0.29, 0.717) is 6.42 Å². The Morgan fingerprint density at radius 2 is 1.84 bits per heavy atom. The average Bonchev–Trinajstić information content (AvgIpc) is 3.28. The summed E-state index contributed by atoms with van der Waals surface area (Å²) in [6, 6.07) is 17.6. The van der Waals surface area contributed by atoms with Crippen molar-refractivity contribution in [1.29, 1.82) is 0 Å². The number of carbonyl (C=O) groups excluding carboxylic acids is 1. The van der Waals surface area contributed by atoms with Crippen LogP contribution in [0.25, 0.3) is 16.9 Å². The minimum Gasteiger partial charge on any atom is -0.497 e. The lowest BCUT2D eigenvalue weighted by molar-refractivity contribution is -0.121. The van der Waals surface area contributed by atoms with E-state index in [2.05, 4.69) is 15.4 Å². The summed E-state index contributed by atoms with van der Waals surface area (Å²) in [4.78, 5) is 14.6. The molecule has 32 heavy (non-hydrogen) atoms. The van der Waals surface area contributed by atoms with E-state index in [4.69, 9.17) is 9.84 Å². The van der Waals surface area contributed by atoms with Crippen molar-refractivity contribution in [3.8, 4) is 22.7 Å². The fourth-order valence-corrected chi connectivity index (χ4v) is 3.84. The molecule has 7 nitrogen and oxygen atoms in total. The molecular formula is C25H29N5O2. The first-order valence-electron chi connectivity index (χ1n) is 11.1. The number of carbonyl (C=O) groups is 1. The van der Waals surface area contributed by atoms with Gasteiger partial charge in [-0.05, 0) is 62.3 Å². The molecule has 2 aromatic carbocycles. The number of amides is 1. The molecule has 0 radical (unpaired) electrons. The summed E-state index contributed by atoms with van der Waals surface area (Å²) in [6.45, 7) is 2.95. The maximum atomic E-state index is 12.2. The van der Waals surface area contributed by atoms with Crippen molar-refractivity contribution < 1.29 is 9.53 Å². The number of ether oxygens (including phenoxy) is 1. The second-order valence-electron chi connectivity index (χ2n) is 7.89. The Morgan fingerprint density at radius 3 is 2.56 bits per heavy atom. The third kappa shape index (κ3) is 5.62. The fraction of sp³-hybridized carbons (Fsp3) is 0.320. The van der Waals surface area contributed by atoms with Crippen molar-refractivity contribution in [3.63, 3.8) is 0 Å². The molecule has 0 unspecified atom stereocenters. The van der Waals surface area contributed by atoms with Crippen LogP contribution in [-0.2, 0) is 4.79 Å². The van der Waals surface area contributed by atoms with E-state index in [0.717, 1.165) is 47.9 Å². The van der Waals surface area contributed by atoms with Crippen molar-refractivity contribution in [2.45, 2.75) is 25.7 Å². The maximum Gasteiger partial charge on any atom is 0.241 e. The number of likely N-dealkylation sites (tertiary alicyclic amines) is 1. The van der Waals surface area contributed by atoms with Gasteiger partial charge in [0.1, 0.15) is 11.4 Å². The van der Waals surface area contributed by atoms with Gasteiger partial charge in [-0.25, -0.2) is 10.1 Å². The normalized spacial score (nSPS) is 14.5. The molecule has 0 atom stereocenters. The number of hydrogen-bond acceptors (Lipinski definition) is 5. The Morgan fingerprint density at radius 1 is 1.09 bits per heavy atom. The molecule has 166 valence electrons. The monoisotopic (exact) mass is 431 g/mol. The van der Waals surface area contributed by atoms with E-state index < -0.39 is 0 Å². The lowest BCUT2D eigenvalue weighted by Gasteiger charge is -2.25. The summed E-state index contributed by atoms with van der Waals surface area (Å²) >= 11 is 0. The lowest BCUT2D eigenvalue weighted by atomic mass is 10.1. The zero-order chi connectivity index (χ0) is 22.2. The van der Waals surface area contributed by atoms with E-state index in [1.165, 1.54) is 19.3 Å². The van der Waals surface area contributed by atoms with Crippen LogP contribution in [0.4, 0.5) is 0 Å². The molecule has 1 aliphatic rings. The first-order chi connectivity index (χ1) is 15.7. The highest BCUT2D eigenvalue weighted by atomic mass is 16.5. The summed E-state index contributed by atoms with van der Waals surface area (Å²) in [5.74, 6) is 0.709. The van der Waals surface area contributed by atoms with Gasteiger partial charge in [-0.1, -0.05) is 24.6 Å². The summed E-state index contributed by atoms with van der Waals surface area (Å²) in [6.07, 6.45) is 7.76. The Kier molecular flexibility index (Phi) is 7.30. The highest BCUT2D eigenvalue weighted by Crippen LogP contribution is 2.25. The molecule has 2 heterocycles. The zero-order valence-electron chi connectivity index (χ0n) is 18.4. The second kappa shape index (κ2) is 10.7. The van der Waals surface area contributed by atoms with E-state index in [1.54, 1.807) is 13.3 Å². The quantitative estimate of drug-likeness (QED) is 0.434. The number of rotatable bonds is 8. The van der Waals surface area contributed by atoms with Crippen LogP contribution in [0.1, 0.15) is 31.2 Å². The number of nitrogens with one attached hydrogen (secondary N) is 1. The van der Waals surface area contributed by atoms with Crippen molar-refractivity contribution in [2.75, 3.05) is 26.7 Å². The van der Waals surface area contributed by atoms with Crippen LogP contribution in [0.3, 0.4) is 0 Å². The topological polar surface area (TPSA) is 71.7 Å². The molecule has 1 saturated heterocycles. The van der Waals surface area contributed by atoms with Gasteiger partial charge in [0.15, 0.2) is 0 Å². The number of methoxy groups -OCH3 is 1. The molecule has 0 spiro atoms. The molecule has 0 saturated carbocycles. The maximum absolute atomic E-state index is 12.2. The summed E-state index contributed by atoms with van der Waals surface area (Å²) in [5, 5.41) is 8.98. The molecule has 1 N–H and O–H groups in total. The SMILES string of the molecule is COc1ccc(-c2nn(-c3ccccc3)cc2/C=N/NC(=O)CCN2CCCCC2)cc1. The van der Waals surface area contributed by atoms with Crippen molar-refractivity contribution in [2.24, 2.45) is 5.10 Å². The van der Waals surface area contributed by atoms with Crippen LogP contribution in [0.15, 0.2) is 65.9 Å².